The number of anilines is 1. The quantitative estimate of drug-likeness (QED) is 0.908. The van der Waals surface area contributed by atoms with Crippen LogP contribution in [-0.2, 0) is 0 Å². The summed E-state index contributed by atoms with van der Waals surface area (Å²) in [6.45, 7) is 2.33. The van der Waals surface area contributed by atoms with Gasteiger partial charge < -0.3 is 14.8 Å². The number of ether oxygens (including phenoxy) is 2. The van der Waals surface area contributed by atoms with Gasteiger partial charge in [-0.05, 0) is 37.3 Å². The molecule has 4 nitrogen and oxygen atoms in total. The average Bonchev–Trinajstić information content (AvgIpc) is 2.49. The molecule has 0 heterocycles. The van der Waals surface area contributed by atoms with Crippen molar-refractivity contribution < 1.29 is 14.3 Å². The standard InChI is InChI=1S/C16H16ClNO3/c1-3-21-14-9-8-11(17)10-12(14)16(19)18-13-6-4-5-7-15(13)20-2/h4-10H,3H2,1-2H3,(H,18,19). The number of halogens is 1. The maximum atomic E-state index is 12.4. The van der Waals surface area contributed by atoms with Crippen LogP contribution in [0.1, 0.15) is 17.3 Å². The van der Waals surface area contributed by atoms with Crippen LogP contribution in [0.2, 0.25) is 5.02 Å². The Morgan fingerprint density at radius 2 is 1.95 bits per heavy atom. The summed E-state index contributed by atoms with van der Waals surface area (Å²) in [6.07, 6.45) is 0. The maximum Gasteiger partial charge on any atom is 0.259 e. The van der Waals surface area contributed by atoms with Crippen LogP contribution in [0.5, 0.6) is 11.5 Å². The number of methoxy groups -OCH3 is 1. The van der Waals surface area contributed by atoms with E-state index in [1.165, 1.54) is 0 Å². The Morgan fingerprint density at radius 3 is 2.67 bits per heavy atom. The first-order valence-electron chi connectivity index (χ1n) is 6.52. The molecule has 110 valence electrons. The van der Waals surface area contributed by atoms with Crippen molar-refractivity contribution in [1.29, 1.82) is 0 Å². The van der Waals surface area contributed by atoms with Gasteiger partial charge in [0.15, 0.2) is 0 Å². The van der Waals surface area contributed by atoms with Gasteiger partial charge in [0, 0.05) is 5.02 Å². The zero-order valence-corrected chi connectivity index (χ0v) is 12.6. The first-order chi connectivity index (χ1) is 10.2. The fraction of sp³-hybridized carbons (Fsp3) is 0.188. The van der Waals surface area contributed by atoms with Crippen molar-refractivity contribution in [2.45, 2.75) is 6.92 Å². The van der Waals surface area contributed by atoms with Crippen molar-refractivity contribution >= 4 is 23.2 Å². The van der Waals surface area contributed by atoms with Crippen molar-refractivity contribution in [3.05, 3.63) is 53.1 Å². The number of benzene rings is 2. The van der Waals surface area contributed by atoms with Crippen molar-refractivity contribution in [3.63, 3.8) is 0 Å². The molecular weight excluding hydrogens is 290 g/mol. The van der Waals surface area contributed by atoms with Gasteiger partial charge in [0.05, 0.1) is 25.0 Å². The molecule has 2 rings (SSSR count). The molecule has 0 saturated heterocycles. The minimum atomic E-state index is -0.301. The van der Waals surface area contributed by atoms with Gasteiger partial charge in [-0.3, -0.25) is 4.79 Å². The molecule has 0 atom stereocenters. The van der Waals surface area contributed by atoms with Crippen LogP contribution < -0.4 is 14.8 Å². The summed E-state index contributed by atoms with van der Waals surface area (Å²) < 4.78 is 10.7. The van der Waals surface area contributed by atoms with Gasteiger partial charge in [-0.2, -0.15) is 0 Å². The highest BCUT2D eigenvalue weighted by Gasteiger charge is 2.15. The van der Waals surface area contributed by atoms with E-state index < -0.39 is 0 Å². The van der Waals surface area contributed by atoms with E-state index >= 15 is 0 Å². The normalized spacial score (nSPS) is 10.0. The second kappa shape index (κ2) is 6.99. The van der Waals surface area contributed by atoms with Gasteiger partial charge in [-0.1, -0.05) is 23.7 Å². The Morgan fingerprint density at radius 1 is 1.19 bits per heavy atom. The van der Waals surface area contributed by atoms with Gasteiger partial charge in [0.2, 0.25) is 0 Å². The Hall–Kier alpha value is -2.20. The number of para-hydroxylation sites is 2. The van der Waals surface area contributed by atoms with Gasteiger partial charge >= 0.3 is 0 Å². The molecule has 0 aliphatic heterocycles. The van der Waals surface area contributed by atoms with Gasteiger partial charge in [0.1, 0.15) is 11.5 Å². The molecule has 0 saturated carbocycles. The molecule has 0 bridgehead atoms. The highest BCUT2D eigenvalue weighted by Crippen LogP contribution is 2.27. The van der Waals surface area contributed by atoms with Crippen LogP contribution in [0.25, 0.3) is 0 Å². The van der Waals surface area contributed by atoms with Crippen molar-refractivity contribution in [1.82, 2.24) is 0 Å². The lowest BCUT2D eigenvalue weighted by Crippen LogP contribution is -2.14. The summed E-state index contributed by atoms with van der Waals surface area (Å²) in [5, 5.41) is 3.28. The van der Waals surface area contributed by atoms with E-state index in [1.807, 2.05) is 19.1 Å². The van der Waals surface area contributed by atoms with E-state index in [0.717, 1.165) is 0 Å². The van der Waals surface area contributed by atoms with Crippen LogP contribution >= 0.6 is 11.6 Å². The molecule has 0 radical (unpaired) electrons. The molecule has 5 heteroatoms. The minimum absolute atomic E-state index is 0.301. The van der Waals surface area contributed by atoms with E-state index in [1.54, 1.807) is 37.4 Å². The summed E-state index contributed by atoms with van der Waals surface area (Å²) in [6, 6.07) is 12.1. The molecular formula is C16H16ClNO3. The zero-order valence-electron chi connectivity index (χ0n) is 11.9. The SMILES string of the molecule is CCOc1ccc(Cl)cc1C(=O)Nc1ccccc1OC. The molecule has 0 unspecified atom stereocenters. The van der Waals surface area contributed by atoms with Crippen LogP contribution in [0.4, 0.5) is 5.69 Å². The van der Waals surface area contributed by atoms with Gasteiger partial charge in [-0.25, -0.2) is 0 Å². The van der Waals surface area contributed by atoms with Crippen molar-refractivity contribution in [2.24, 2.45) is 0 Å². The Kier molecular flexibility index (Phi) is 5.06. The largest absolute Gasteiger partial charge is 0.495 e. The molecule has 0 aliphatic carbocycles. The van der Waals surface area contributed by atoms with Crippen molar-refractivity contribution in [3.8, 4) is 11.5 Å². The number of hydrogen-bond acceptors (Lipinski definition) is 3. The Bertz CT molecular complexity index is 643. The zero-order chi connectivity index (χ0) is 15.2. The minimum Gasteiger partial charge on any atom is -0.495 e. The third-order valence-corrected chi connectivity index (χ3v) is 3.08. The molecule has 1 amide bonds. The summed E-state index contributed by atoms with van der Waals surface area (Å²) in [5.74, 6) is 0.783. The topological polar surface area (TPSA) is 47.6 Å². The maximum absolute atomic E-state index is 12.4. The highest BCUT2D eigenvalue weighted by atomic mass is 35.5. The molecule has 1 N–H and O–H groups in total. The highest BCUT2D eigenvalue weighted by molar-refractivity contribution is 6.31. The average molecular weight is 306 g/mol. The second-order valence-electron chi connectivity index (χ2n) is 4.23. The summed E-state index contributed by atoms with van der Waals surface area (Å²) >= 11 is 5.96. The second-order valence-corrected chi connectivity index (χ2v) is 4.66. The number of hydrogen-bond donors (Lipinski definition) is 1. The first kappa shape index (κ1) is 15.2. The molecule has 2 aromatic rings. The summed E-state index contributed by atoms with van der Waals surface area (Å²) in [7, 11) is 1.55. The monoisotopic (exact) mass is 305 g/mol. The molecule has 0 fully saturated rings. The van der Waals surface area contributed by atoms with Gasteiger partial charge in [0.25, 0.3) is 5.91 Å². The number of nitrogens with one attached hydrogen (secondary N) is 1. The lowest BCUT2D eigenvalue weighted by molar-refractivity contribution is 0.102. The van der Waals surface area contributed by atoms with Crippen LogP contribution in [0.3, 0.4) is 0 Å². The molecule has 21 heavy (non-hydrogen) atoms. The van der Waals surface area contributed by atoms with Crippen molar-refractivity contribution in [2.75, 3.05) is 19.0 Å². The van der Waals surface area contributed by atoms with E-state index in [2.05, 4.69) is 5.32 Å². The predicted molar refractivity (Wildman–Crippen MR) is 83.6 cm³/mol. The third kappa shape index (κ3) is 3.67. The number of carbonyl (C=O) groups excluding carboxylic acids is 1. The van der Waals surface area contributed by atoms with Crippen LogP contribution in [-0.4, -0.2) is 19.6 Å². The first-order valence-corrected chi connectivity index (χ1v) is 6.90. The van der Waals surface area contributed by atoms with Crippen LogP contribution in [0.15, 0.2) is 42.5 Å². The summed E-state index contributed by atoms with van der Waals surface area (Å²) in [4.78, 5) is 12.4. The Balaban J connectivity index is 2.29. The lowest BCUT2D eigenvalue weighted by atomic mass is 10.1. The van der Waals surface area contributed by atoms with E-state index in [9.17, 15) is 4.79 Å². The third-order valence-electron chi connectivity index (χ3n) is 2.84. The molecule has 0 aliphatic rings. The molecule has 0 spiro atoms. The van der Waals surface area contributed by atoms with E-state index in [0.29, 0.717) is 34.4 Å². The Labute approximate surface area is 128 Å². The van der Waals surface area contributed by atoms with E-state index in [-0.39, 0.29) is 5.91 Å². The number of carbonyl (C=O) groups is 1. The van der Waals surface area contributed by atoms with Gasteiger partial charge in [-0.15, -0.1) is 0 Å². The molecule has 2 aromatic carbocycles. The predicted octanol–water partition coefficient (Wildman–Crippen LogP) is 4.00. The fourth-order valence-electron chi connectivity index (χ4n) is 1.90. The van der Waals surface area contributed by atoms with E-state index in [4.69, 9.17) is 21.1 Å². The molecule has 0 aromatic heterocycles. The van der Waals surface area contributed by atoms with Crippen LogP contribution in [0, 0.1) is 0 Å². The number of amides is 1. The summed E-state index contributed by atoms with van der Waals surface area (Å²) in [5.41, 5.74) is 0.975. The smallest absolute Gasteiger partial charge is 0.259 e. The fourth-order valence-corrected chi connectivity index (χ4v) is 2.07. The number of rotatable bonds is 5. The lowest BCUT2D eigenvalue weighted by Gasteiger charge is -2.13.